The molecular weight excluding hydrogens is 249 g/mol. The third kappa shape index (κ3) is 1.71. The number of benzene rings is 1. The predicted octanol–water partition coefficient (Wildman–Crippen LogP) is 0.374. The Morgan fingerprint density at radius 3 is 2.84 bits per heavy atom. The predicted molar refractivity (Wildman–Crippen MR) is 69.9 cm³/mol. The average Bonchev–Trinajstić information content (AvgIpc) is 2.90. The number of aryl methyl sites for hydroxylation is 1. The molecule has 1 N–H and O–H groups in total. The maximum atomic E-state index is 13.8. The SMILES string of the molecule is Cn1c(=O)n(C2CCNC2)c(=O)c2cccc(F)c21. The molecule has 100 valence electrons. The minimum Gasteiger partial charge on any atom is -0.315 e. The van der Waals surface area contributed by atoms with E-state index in [4.69, 9.17) is 0 Å². The van der Waals surface area contributed by atoms with E-state index in [0.717, 1.165) is 13.0 Å². The van der Waals surface area contributed by atoms with Gasteiger partial charge in [0.05, 0.1) is 16.9 Å². The van der Waals surface area contributed by atoms with Gasteiger partial charge in [-0.1, -0.05) is 6.07 Å². The first-order chi connectivity index (χ1) is 9.11. The summed E-state index contributed by atoms with van der Waals surface area (Å²) in [5, 5.41) is 3.37. The summed E-state index contributed by atoms with van der Waals surface area (Å²) in [6.07, 6.45) is 0.732. The number of halogens is 1. The van der Waals surface area contributed by atoms with Gasteiger partial charge >= 0.3 is 5.69 Å². The van der Waals surface area contributed by atoms with Crippen LogP contribution in [0.1, 0.15) is 12.5 Å². The quantitative estimate of drug-likeness (QED) is 0.809. The van der Waals surface area contributed by atoms with Crippen LogP contribution < -0.4 is 16.6 Å². The molecule has 1 atom stereocenters. The highest BCUT2D eigenvalue weighted by Crippen LogP contribution is 2.15. The van der Waals surface area contributed by atoms with Gasteiger partial charge in [-0.3, -0.25) is 13.9 Å². The molecule has 0 spiro atoms. The second-order valence-corrected chi connectivity index (χ2v) is 4.80. The minimum absolute atomic E-state index is 0.0692. The molecular formula is C13H14FN3O2. The van der Waals surface area contributed by atoms with Gasteiger partial charge in [-0.05, 0) is 25.1 Å². The van der Waals surface area contributed by atoms with Crippen molar-refractivity contribution in [2.45, 2.75) is 12.5 Å². The Labute approximate surface area is 108 Å². The van der Waals surface area contributed by atoms with Crippen molar-refractivity contribution in [1.29, 1.82) is 0 Å². The van der Waals surface area contributed by atoms with E-state index in [1.807, 2.05) is 0 Å². The molecule has 1 aromatic carbocycles. The van der Waals surface area contributed by atoms with Crippen LogP contribution in [0.5, 0.6) is 0 Å². The van der Waals surface area contributed by atoms with E-state index in [1.165, 1.54) is 28.3 Å². The highest BCUT2D eigenvalue weighted by molar-refractivity contribution is 5.78. The van der Waals surface area contributed by atoms with Crippen molar-refractivity contribution in [3.8, 4) is 0 Å². The highest BCUT2D eigenvalue weighted by atomic mass is 19.1. The topological polar surface area (TPSA) is 56.0 Å². The van der Waals surface area contributed by atoms with E-state index < -0.39 is 17.1 Å². The Bertz CT molecular complexity index is 757. The lowest BCUT2D eigenvalue weighted by molar-refractivity contribution is 0.491. The molecule has 0 bridgehead atoms. The lowest BCUT2D eigenvalue weighted by atomic mass is 10.2. The van der Waals surface area contributed by atoms with Crippen LogP contribution in [0, 0.1) is 5.82 Å². The van der Waals surface area contributed by atoms with Gasteiger partial charge in [0.1, 0.15) is 5.82 Å². The first-order valence-corrected chi connectivity index (χ1v) is 6.21. The zero-order valence-corrected chi connectivity index (χ0v) is 10.5. The minimum atomic E-state index is -0.550. The number of hydrogen-bond donors (Lipinski definition) is 1. The van der Waals surface area contributed by atoms with Gasteiger partial charge in [0.15, 0.2) is 0 Å². The Morgan fingerprint density at radius 2 is 2.16 bits per heavy atom. The second-order valence-electron chi connectivity index (χ2n) is 4.80. The molecule has 3 rings (SSSR count). The number of nitrogens with zero attached hydrogens (tertiary/aromatic N) is 2. The average molecular weight is 263 g/mol. The number of aromatic nitrogens is 2. The molecule has 0 aliphatic carbocycles. The summed E-state index contributed by atoms with van der Waals surface area (Å²) in [5.74, 6) is -0.550. The van der Waals surface area contributed by atoms with Crippen LogP contribution in [0.25, 0.3) is 10.9 Å². The van der Waals surface area contributed by atoms with Crippen molar-refractivity contribution >= 4 is 10.9 Å². The van der Waals surface area contributed by atoms with Crippen molar-refractivity contribution in [3.63, 3.8) is 0 Å². The number of rotatable bonds is 1. The maximum absolute atomic E-state index is 13.8. The molecule has 1 unspecified atom stereocenters. The molecule has 19 heavy (non-hydrogen) atoms. The second kappa shape index (κ2) is 4.31. The number of hydrogen-bond acceptors (Lipinski definition) is 3. The third-order valence-corrected chi connectivity index (χ3v) is 3.66. The van der Waals surface area contributed by atoms with Crippen LogP contribution >= 0.6 is 0 Å². The number of nitrogens with one attached hydrogen (secondary N) is 1. The van der Waals surface area contributed by atoms with Gasteiger partial charge in [0.25, 0.3) is 5.56 Å². The lowest BCUT2D eigenvalue weighted by Crippen LogP contribution is -2.42. The molecule has 1 aliphatic heterocycles. The molecule has 5 nitrogen and oxygen atoms in total. The van der Waals surface area contributed by atoms with Gasteiger partial charge in [-0.15, -0.1) is 0 Å². The van der Waals surface area contributed by atoms with Gasteiger partial charge in [0, 0.05) is 13.6 Å². The molecule has 1 saturated heterocycles. The Morgan fingerprint density at radius 1 is 1.37 bits per heavy atom. The summed E-state index contributed by atoms with van der Waals surface area (Å²) in [5.41, 5.74) is -0.803. The molecule has 0 saturated carbocycles. The standard InChI is InChI=1S/C13H14FN3O2/c1-16-11-9(3-2-4-10(11)14)12(18)17(13(16)19)8-5-6-15-7-8/h2-4,8,15H,5-7H2,1H3. The number of para-hydroxylation sites is 1. The van der Waals surface area contributed by atoms with Gasteiger partial charge in [-0.2, -0.15) is 0 Å². The van der Waals surface area contributed by atoms with Crippen LogP contribution in [0.15, 0.2) is 27.8 Å². The van der Waals surface area contributed by atoms with Crippen LogP contribution in [-0.4, -0.2) is 22.2 Å². The first kappa shape index (κ1) is 12.1. The molecule has 0 amide bonds. The largest absolute Gasteiger partial charge is 0.331 e. The molecule has 6 heteroatoms. The highest BCUT2D eigenvalue weighted by Gasteiger charge is 2.23. The third-order valence-electron chi connectivity index (χ3n) is 3.66. The fourth-order valence-corrected chi connectivity index (χ4v) is 2.68. The smallest absolute Gasteiger partial charge is 0.315 e. The van der Waals surface area contributed by atoms with E-state index in [-0.39, 0.29) is 16.9 Å². The molecule has 2 aromatic rings. The van der Waals surface area contributed by atoms with E-state index in [1.54, 1.807) is 6.07 Å². The van der Waals surface area contributed by atoms with Gasteiger partial charge in [0.2, 0.25) is 0 Å². The first-order valence-electron chi connectivity index (χ1n) is 6.21. The van der Waals surface area contributed by atoms with Crippen molar-refractivity contribution in [3.05, 3.63) is 44.9 Å². The molecule has 2 heterocycles. The van der Waals surface area contributed by atoms with Crippen LogP contribution in [0.4, 0.5) is 4.39 Å². The van der Waals surface area contributed by atoms with Crippen molar-refractivity contribution in [1.82, 2.24) is 14.5 Å². The Kier molecular flexibility index (Phi) is 2.74. The maximum Gasteiger partial charge on any atom is 0.331 e. The summed E-state index contributed by atoms with van der Waals surface area (Å²) in [7, 11) is 1.49. The summed E-state index contributed by atoms with van der Waals surface area (Å²) in [4.78, 5) is 24.7. The van der Waals surface area contributed by atoms with Crippen LogP contribution in [0.3, 0.4) is 0 Å². The molecule has 0 radical (unpaired) electrons. The van der Waals surface area contributed by atoms with E-state index in [0.29, 0.717) is 6.54 Å². The van der Waals surface area contributed by atoms with Crippen molar-refractivity contribution in [2.24, 2.45) is 7.05 Å². The molecule has 1 fully saturated rings. The normalized spacial score (nSPS) is 19.2. The van der Waals surface area contributed by atoms with E-state index in [9.17, 15) is 14.0 Å². The summed E-state index contributed by atoms with van der Waals surface area (Å²) < 4.78 is 16.2. The summed E-state index contributed by atoms with van der Waals surface area (Å²) >= 11 is 0. The fraction of sp³-hybridized carbons (Fsp3) is 0.385. The molecule has 1 aromatic heterocycles. The fourth-order valence-electron chi connectivity index (χ4n) is 2.68. The van der Waals surface area contributed by atoms with Gasteiger partial charge < -0.3 is 5.32 Å². The number of fused-ring (bicyclic) bond motifs is 1. The van der Waals surface area contributed by atoms with Gasteiger partial charge in [-0.25, -0.2) is 9.18 Å². The Balaban J connectivity index is 2.42. The van der Waals surface area contributed by atoms with Crippen molar-refractivity contribution < 1.29 is 4.39 Å². The zero-order chi connectivity index (χ0) is 13.6. The van der Waals surface area contributed by atoms with Crippen LogP contribution in [-0.2, 0) is 7.05 Å². The van der Waals surface area contributed by atoms with E-state index in [2.05, 4.69) is 5.32 Å². The Hall–Kier alpha value is -1.95. The lowest BCUT2D eigenvalue weighted by Gasteiger charge is -2.15. The van der Waals surface area contributed by atoms with Crippen molar-refractivity contribution in [2.75, 3.05) is 13.1 Å². The summed E-state index contributed by atoms with van der Waals surface area (Å²) in [6.45, 7) is 1.37. The monoisotopic (exact) mass is 263 g/mol. The molecule has 1 aliphatic rings. The van der Waals surface area contributed by atoms with Crippen LogP contribution in [0.2, 0.25) is 0 Å². The van der Waals surface area contributed by atoms with E-state index >= 15 is 0 Å². The zero-order valence-electron chi connectivity index (χ0n) is 10.5. The summed E-state index contributed by atoms with van der Waals surface area (Å²) in [6, 6.07) is 4.14.